The minimum absolute atomic E-state index is 0. The molecule has 0 atom stereocenters. The molecule has 2 rings (SSSR count). The van der Waals surface area contributed by atoms with Crippen molar-refractivity contribution < 1.29 is 9.47 Å². The Balaban J connectivity index is 0.00000288. The van der Waals surface area contributed by atoms with Gasteiger partial charge in [0.15, 0.2) is 5.96 Å². The van der Waals surface area contributed by atoms with E-state index < -0.39 is 0 Å². The summed E-state index contributed by atoms with van der Waals surface area (Å²) < 4.78 is 10.4. The van der Waals surface area contributed by atoms with Gasteiger partial charge < -0.3 is 24.6 Å². The number of anilines is 1. The second-order valence-electron chi connectivity index (χ2n) is 5.36. The van der Waals surface area contributed by atoms with Crippen molar-refractivity contribution in [3.63, 3.8) is 0 Å². The van der Waals surface area contributed by atoms with Crippen molar-refractivity contribution in [2.45, 2.75) is 6.42 Å². The van der Waals surface area contributed by atoms with Gasteiger partial charge in [-0.25, -0.2) is 0 Å². The van der Waals surface area contributed by atoms with Crippen molar-refractivity contribution in [3.05, 3.63) is 17.5 Å². The lowest BCUT2D eigenvalue weighted by Gasteiger charge is -2.37. The minimum Gasteiger partial charge on any atom is -0.382 e. The summed E-state index contributed by atoms with van der Waals surface area (Å²) in [5.74, 6) is 0.993. The van der Waals surface area contributed by atoms with Crippen LogP contribution in [-0.4, -0.2) is 77.6 Å². The largest absolute Gasteiger partial charge is 0.382 e. The maximum Gasteiger partial charge on any atom is 0.193 e. The molecule has 1 fully saturated rings. The van der Waals surface area contributed by atoms with Gasteiger partial charge in [-0.2, -0.15) is 0 Å². The second kappa shape index (κ2) is 12.7. The Morgan fingerprint density at radius 2 is 2.04 bits per heavy atom. The van der Waals surface area contributed by atoms with Crippen molar-refractivity contribution in [3.8, 4) is 0 Å². The Morgan fingerprint density at radius 1 is 1.25 bits per heavy atom. The molecule has 0 unspecified atom stereocenters. The van der Waals surface area contributed by atoms with Crippen LogP contribution in [0.2, 0.25) is 0 Å². The first-order valence-electron chi connectivity index (χ1n) is 8.16. The van der Waals surface area contributed by atoms with E-state index in [2.05, 4.69) is 37.6 Å². The van der Waals surface area contributed by atoms with Crippen molar-refractivity contribution in [2.75, 3.05) is 71.6 Å². The summed E-state index contributed by atoms with van der Waals surface area (Å²) in [6.07, 6.45) is 0.970. The van der Waals surface area contributed by atoms with Crippen LogP contribution < -0.4 is 10.2 Å². The maximum atomic E-state index is 5.47. The van der Waals surface area contributed by atoms with E-state index in [1.807, 2.05) is 18.4 Å². The predicted molar refractivity (Wildman–Crippen MR) is 112 cm³/mol. The fraction of sp³-hybridized carbons (Fsp3) is 0.688. The zero-order valence-corrected chi connectivity index (χ0v) is 17.7. The molecule has 0 spiro atoms. The van der Waals surface area contributed by atoms with Crippen LogP contribution in [0, 0.1) is 0 Å². The molecule has 0 amide bonds. The van der Waals surface area contributed by atoms with E-state index in [1.165, 1.54) is 5.00 Å². The van der Waals surface area contributed by atoms with E-state index in [1.54, 1.807) is 7.11 Å². The van der Waals surface area contributed by atoms with Gasteiger partial charge in [-0.15, -0.1) is 35.3 Å². The first-order chi connectivity index (χ1) is 11.3. The highest BCUT2D eigenvalue weighted by Gasteiger charge is 2.19. The smallest absolute Gasteiger partial charge is 0.193 e. The third kappa shape index (κ3) is 7.12. The van der Waals surface area contributed by atoms with E-state index in [-0.39, 0.29) is 24.0 Å². The number of hydrogen-bond donors (Lipinski definition) is 1. The molecule has 1 N–H and O–H groups in total. The summed E-state index contributed by atoms with van der Waals surface area (Å²) in [7, 11) is 3.54. The highest BCUT2D eigenvalue weighted by molar-refractivity contribution is 14.0. The van der Waals surface area contributed by atoms with Gasteiger partial charge in [0.1, 0.15) is 0 Å². The Hall–Kier alpha value is -0.580. The van der Waals surface area contributed by atoms with Crippen molar-refractivity contribution in [1.29, 1.82) is 0 Å². The highest BCUT2D eigenvalue weighted by atomic mass is 127. The van der Waals surface area contributed by atoms with Crippen molar-refractivity contribution in [1.82, 2.24) is 10.2 Å². The second-order valence-corrected chi connectivity index (χ2v) is 6.28. The Morgan fingerprint density at radius 3 is 2.67 bits per heavy atom. The van der Waals surface area contributed by atoms with E-state index in [0.29, 0.717) is 13.2 Å². The number of hydrogen-bond acceptors (Lipinski definition) is 5. The summed E-state index contributed by atoms with van der Waals surface area (Å²) in [6, 6.07) is 4.30. The molecule has 0 aromatic carbocycles. The molecule has 8 heteroatoms. The van der Waals surface area contributed by atoms with Gasteiger partial charge in [0, 0.05) is 53.5 Å². The van der Waals surface area contributed by atoms with Crippen molar-refractivity contribution in [2.24, 2.45) is 4.99 Å². The van der Waals surface area contributed by atoms with E-state index in [4.69, 9.17) is 9.47 Å². The van der Waals surface area contributed by atoms with Crippen LogP contribution in [0.1, 0.15) is 6.42 Å². The topological polar surface area (TPSA) is 49.3 Å². The molecule has 1 aliphatic rings. The zero-order valence-electron chi connectivity index (χ0n) is 14.6. The summed E-state index contributed by atoms with van der Waals surface area (Å²) >= 11 is 1.81. The molecule has 6 nitrogen and oxygen atoms in total. The lowest BCUT2D eigenvalue weighted by atomic mass is 10.3. The lowest BCUT2D eigenvalue weighted by Crippen LogP contribution is -2.52. The van der Waals surface area contributed by atoms with Crippen LogP contribution in [-0.2, 0) is 9.47 Å². The average molecular weight is 468 g/mol. The predicted octanol–water partition coefficient (Wildman–Crippen LogP) is 2.12. The standard InChI is InChI=1S/C16H28N4O2S.HI/c1-17-16(18-6-4-11-22-13-12-21-2)20-9-7-19(8-10-20)15-5-3-14-23-15;/h3,5,14H,4,6-13H2,1-2H3,(H,17,18);1H. The minimum atomic E-state index is 0. The van der Waals surface area contributed by atoms with Crippen LogP contribution in [0.3, 0.4) is 0 Å². The molecular weight excluding hydrogens is 439 g/mol. The number of nitrogens with zero attached hydrogens (tertiary/aromatic N) is 3. The molecule has 1 aromatic heterocycles. The van der Waals surface area contributed by atoms with Crippen LogP contribution in [0.5, 0.6) is 0 Å². The molecule has 0 radical (unpaired) electrons. The molecule has 2 heterocycles. The SMILES string of the molecule is CN=C(NCCCOCCOC)N1CCN(c2cccs2)CC1.I. The average Bonchev–Trinajstić information content (AvgIpc) is 3.12. The van der Waals surface area contributed by atoms with Gasteiger partial charge in [-0.05, 0) is 23.9 Å². The van der Waals surface area contributed by atoms with E-state index >= 15 is 0 Å². The van der Waals surface area contributed by atoms with Crippen LogP contribution in [0.4, 0.5) is 5.00 Å². The maximum absolute atomic E-state index is 5.47. The number of nitrogens with one attached hydrogen (secondary N) is 1. The first-order valence-corrected chi connectivity index (χ1v) is 9.04. The molecule has 24 heavy (non-hydrogen) atoms. The quantitative estimate of drug-likeness (QED) is 0.274. The lowest BCUT2D eigenvalue weighted by molar-refractivity contribution is 0.0698. The van der Waals surface area contributed by atoms with Crippen LogP contribution in [0.15, 0.2) is 22.5 Å². The molecule has 0 aliphatic carbocycles. The number of piperazine rings is 1. The van der Waals surface area contributed by atoms with Gasteiger partial charge in [0.05, 0.1) is 18.2 Å². The van der Waals surface area contributed by atoms with E-state index in [0.717, 1.165) is 51.7 Å². The van der Waals surface area contributed by atoms with E-state index in [9.17, 15) is 0 Å². The first kappa shape index (κ1) is 21.5. The molecule has 0 bridgehead atoms. The molecule has 1 aromatic rings. The van der Waals surface area contributed by atoms with Gasteiger partial charge in [-0.1, -0.05) is 0 Å². The summed E-state index contributed by atoms with van der Waals surface area (Å²) in [5.41, 5.74) is 0. The molecule has 138 valence electrons. The fourth-order valence-corrected chi connectivity index (χ4v) is 3.32. The summed E-state index contributed by atoms with van der Waals surface area (Å²) in [6.45, 7) is 7.04. The molecule has 1 saturated heterocycles. The zero-order chi connectivity index (χ0) is 16.3. The molecular formula is C16H29IN4O2S. The fourth-order valence-electron chi connectivity index (χ4n) is 2.54. The Kier molecular flexibility index (Phi) is 11.4. The number of thiophene rings is 1. The number of halogens is 1. The number of guanidine groups is 1. The van der Waals surface area contributed by atoms with Gasteiger partial charge in [-0.3, -0.25) is 4.99 Å². The van der Waals surface area contributed by atoms with Gasteiger partial charge in [0.25, 0.3) is 0 Å². The summed E-state index contributed by atoms with van der Waals surface area (Å²) in [5, 5.41) is 6.93. The third-order valence-electron chi connectivity index (χ3n) is 3.79. The number of aliphatic imine (C=N–C) groups is 1. The number of methoxy groups -OCH3 is 1. The molecule has 1 aliphatic heterocycles. The van der Waals surface area contributed by atoms with Crippen molar-refractivity contribution >= 4 is 46.3 Å². The third-order valence-corrected chi connectivity index (χ3v) is 4.72. The highest BCUT2D eigenvalue weighted by Crippen LogP contribution is 2.22. The van der Waals surface area contributed by atoms with Crippen LogP contribution >= 0.6 is 35.3 Å². The monoisotopic (exact) mass is 468 g/mol. The van der Waals surface area contributed by atoms with Crippen LogP contribution in [0.25, 0.3) is 0 Å². The Bertz CT molecular complexity index is 451. The molecule has 0 saturated carbocycles. The summed E-state index contributed by atoms with van der Waals surface area (Å²) in [4.78, 5) is 9.17. The van der Waals surface area contributed by atoms with Gasteiger partial charge >= 0.3 is 0 Å². The number of rotatable bonds is 8. The number of ether oxygens (including phenoxy) is 2. The Labute approximate surface area is 166 Å². The normalized spacial score (nSPS) is 15.3. The van der Waals surface area contributed by atoms with Gasteiger partial charge in [0.2, 0.25) is 0 Å².